The van der Waals surface area contributed by atoms with Gasteiger partial charge in [-0.3, -0.25) is 4.40 Å². The number of aromatic nitrogens is 2. The normalized spacial score (nSPS) is 11.7. The summed E-state index contributed by atoms with van der Waals surface area (Å²) in [7, 11) is 0. The van der Waals surface area contributed by atoms with Crippen LogP contribution in [0.5, 0.6) is 0 Å². The molecule has 0 atom stereocenters. The maximum Gasteiger partial charge on any atom is 0.416 e. The van der Waals surface area contributed by atoms with E-state index in [1.165, 1.54) is 18.2 Å². The molecule has 0 fully saturated rings. The maximum absolute atomic E-state index is 13.0. The molecule has 0 bridgehead atoms. The van der Waals surface area contributed by atoms with Gasteiger partial charge in [0.1, 0.15) is 12.3 Å². The van der Waals surface area contributed by atoms with Crippen molar-refractivity contribution >= 4 is 11.6 Å². The van der Waals surface area contributed by atoms with Crippen LogP contribution in [0, 0.1) is 13.8 Å². The van der Waals surface area contributed by atoms with Crippen LogP contribution in [0.2, 0.25) is 0 Å². The van der Waals surface area contributed by atoms with Gasteiger partial charge < -0.3 is 4.74 Å². The third-order valence-electron chi connectivity index (χ3n) is 3.83. The first kappa shape index (κ1) is 17.0. The van der Waals surface area contributed by atoms with Crippen molar-refractivity contribution in [1.29, 1.82) is 0 Å². The number of halogens is 3. The van der Waals surface area contributed by atoms with Crippen LogP contribution in [0.4, 0.5) is 13.2 Å². The molecule has 0 radical (unpaired) electrons. The first-order chi connectivity index (χ1) is 11.8. The lowest BCUT2D eigenvalue weighted by Crippen LogP contribution is -2.13. The fourth-order valence-electron chi connectivity index (χ4n) is 2.64. The number of ether oxygens (including phenoxy) is 1. The van der Waals surface area contributed by atoms with Crippen molar-refractivity contribution in [2.45, 2.75) is 26.6 Å². The summed E-state index contributed by atoms with van der Waals surface area (Å²) in [6, 6.07) is 8.64. The highest BCUT2D eigenvalue weighted by Crippen LogP contribution is 2.32. The van der Waals surface area contributed by atoms with E-state index in [0.29, 0.717) is 11.3 Å². The molecule has 0 aliphatic carbocycles. The zero-order chi connectivity index (χ0) is 18.2. The molecule has 0 spiro atoms. The number of rotatable bonds is 3. The molecule has 0 saturated heterocycles. The second kappa shape index (κ2) is 6.23. The van der Waals surface area contributed by atoms with E-state index in [-0.39, 0.29) is 11.3 Å². The van der Waals surface area contributed by atoms with Crippen LogP contribution in [0.25, 0.3) is 5.65 Å². The Balaban J connectivity index is 1.86. The molecule has 0 unspecified atom stereocenters. The molecule has 25 heavy (non-hydrogen) atoms. The summed E-state index contributed by atoms with van der Waals surface area (Å²) in [5.74, 6) is -0.717. The van der Waals surface area contributed by atoms with Crippen molar-refractivity contribution < 1.29 is 22.7 Å². The van der Waals surface area contributed by atoms with Gasteiger partial charge in [0.05, 0.1) is 11.3 Å². The number of pyridine rings is 1. The molecule has 2 aromatic heterocycles. The standard InChI is InChI=1S/C18H15F3N2O2/c1-11-7-8-23-15(9-11)22-12(2)16(23)17(24)25-10-13-5-3-4-6-14(13)18(19,20)21/h3-9H,10H2,1-2H3. The van der Waals surface area contributed by atoms with Crippen LogP contribution >= 0.6 is 0 Å². The molecule has 3 rings (SSSR count). The van der Waals surface area contributed by atoms with Gasteiger partial charge in [0.25, 0.3) is 0 Å². The fourth-order valence-corrected chi connectivity index (χ4v) is 2.64. The van der Waals surface area contributed by atoms with Crippen LogP contribution in [-0.2, 0) is 17.5 Å². The number of esters is 1. The molecule has 7 heteroatoms. The maximum atomic E-state index is 13.0. The van der Waals surface area contributed by atoms with Crippen LogP contribution in [0.3, 0.4) is 0 Å². The van der Waals surface area contributed by atoms with E-state index >= 15 is 0 Å². The molecule has 0 aliphatic rings. The number of hydrogen-bond donors (Lipinski definition) is 0. The molecule has 0 saturated carbocycles. The van der Waals surface area contributed by atoms with Crippen LogP contribution in [0.15, 0.2) is 42.6 Å². The number of nitrogens with zero attached hydrogens (tertiary/aromatic N) is 2. The van der Waals surface area contributed by atoms with E-state index in [1.54, 1.807) is 17.5 Å². The van der Waals surface area contributed by atoms with Crippen molar-refractivity contribution in [2.24, 2.45) is 0 Å². The summed E-state index contributed by atoms with van der Waals surface area (Å²) in [4.78, 5) is 16.7. The van der Waals surface area contributed by atoms with Crippen LogP contribution in [-0.4, -0.2) is 15.4 Å². The molecule has 0 aliphatic heterocycles. The average molecular weight is 348 g/mol. The summed E-state index contributed by atoms with van der Waals surface area (Å²) < 4.78 is 45.7. The summed E-state index contributed by atoms with van der Waals surface area (Å²) in [6.07, 6.45) is -2.81. The van der Waals surface area contributed by atoms with Crippen LogP contribution in [0.1, 0.15) is 32.9 Å². The van der Waals surface area contributed by atoms with Gasteiger partial charge in [0.15, 0.2) is 5.69 Å². The number of imidazole rings is 1. The molecule has 130 valence electrons. The average Bonchev–Trinajstić information content (AvgIpc) is 2.87. The van der Waals surface area contributed by atoms with Crippen molar-refractivity contribution in [2.75, 3.05) is 0 Å². The Kier molecular flexibility index (Phi) is 4.24. The quantitative estimate of drug-likeness (QED) is 0.662. The van der Waals surface area contributed by atoms with Gasteiger partial charge in [-0.15, -0.1) is 0 Å². The van der Waals surface area contributed by atoms with Gasteiger partial charge >= 0.3 is 12.1 Å². The summed E-state index contributed by atoms with van der Waals surface area (Å²) >= 11 is 0. The van der Waals surface area contributed by atoms with Gasteiger partial charge in [-0.05, 0) is 37.6 Å². The first-order valence-corrected chi connectivity index (χ1v) is 7.55. The summed E-state index contributed by atoms with van der Waals surface area (Å²) in [6.45, 7) is 3.09. The Morgan fingerprint density at radius 2 is 1.92 bits per heavy atom. The highest BCUT2D eigenvalue weighted by molar-refractivity contribution is 5.90. The number of carbonyl (C=O) groups is 1. The third kappa shape index (κ3) is 3.35. The molecule has 3 aromatic rings. The number of benzene rings is 1. The zero-order valence-electron chi connectivity index (χ0n) is 13.6. The number of hydrogen-bond acceptors (Lipinski definition) is 3. The Morgan fingerprint density at radius 3 is 2.64 bits per heavy atom. The number of alkyl halides is 3. The van der Waals surface area contributed by atoms with Gasteiger partial charge in [-0.25, -0.2) is 9.78 Å². The lowest BCUT2D eigenvalue weighted by Gasteiger charge is -2.13. The van der Waals surface area contributed by atoms with E-state index in [0.717, 1.165) is 11.6 Å². The molecule has 2 heterocycles. The molecule has 0 N–H and O–H groups in total. The van der Waals surface area contributed by atoms with E-state index in [1.807, 2.05) is 19.1 Å². The Labute approximate surface area is 141 Å². The largest absolute Gasteiger partial charge is 0.456 e. The topological polar surface area (TPSA) is 43.6 Å². The van der Waals surface area contributed by atoms with E-state index in [9.17, 15) is 18.0 Å². The van der Waals surface area contributed by atoms with Gasteiger partial charge in [-0.2, -0.15) is 13.2 Å². The number of carbonyl (C=O) groups excluding carboxylic acids is 1. The monoisotopic (exact) mass is 348 g/mol. The second-order valence-electron chi connectivity index (χ2n) is 5.71. The second-order valence-corrected chi connectivity index (χ2v) is 5.71. The van der Waals surface area contributed by atoms with E-state index in [2.05, 4.69) is 4.98 Å². The van der Waals surface area contributed by atoms with Gasteiger partial charge in [0, 0.05) is 11.8 Å². The number of fused-ring (bicyclic) bond motifs is 1. The van der Waals surface area contributed by atoms with Gasteiger partial charge in [-0.1, -0.05) is 18.2 Å². The zero-order valence-corrected chi connectivity index (χ0v) is 13.6. The van der Waals surface area contributed by atoms with Crippen molar-refractivity contribution in [3.05, 3.63) is 70.7 Å². The lowest BCUT2D eigenvalue weighted by molar-refractivity contribution is -0.138. The summed E-state index contributed by atoms with van der Waals surface area (Å²) in [5, 5.41) is 0. The first-order valence-electron chi connectivity index (χ1n) is 7.55. The highest BCUT2D eigenvalue weighted by Gasteiger charge is 2.33. The van der Waals surface area contributed by atoms with Crippen molar-refractivity contribution in [3.8, 4) is 0 Å². The highest BCUT2D eigenvalue weighted by atomic mass is 19.4. The predicted octanol–water partition coefficient (Wildman–Crippen LogP) is 4.33. The van der Waals surface area contributed by atoms with Gasteiger partial charge in [0.2, 0.25) is 0 Å². The SMILES string of the molecule is Cc1ccn2c(C(=O)OCc3ccccc3C(F)(F)F)c(C)nc2c1. The Morgan fingerprint density at radius 1 is 1.20 bits per heavy atom. The molecular formula is C18H15F3N2O2. The molecule has 4 nitrogen and oxygen atoms in total. The molecule has 0 amide bonds. The smallest absolute Gasteiger partial charge is 0.416 e. The van der Waals surface area contributed by atoms with Crippen molar-refractivity contribution in [3.63, 3.8) is 0 Å². The Hall–Kier alpha value is -2.83. The third-order valence-corrected chi connectivity index (χ3v) is 3.83. The summed E-state index contributed by atoms with van der Waals surface area (Å²) in [5.41, 5.74) is 1.33. The minimum absolute atomic E-state index is 0.0920. The van der Waals surface area contributed by atoms with E-state index in [4.69, 9.17) is 4.74 Å². The fraction of sp³-hybridized carbons (Fsp3) is 0.222. The van der Waals surface area contributed by atoms with Crippen LogP contribution < -0.4 is 0 Å². The predicted molar refractivity (Wildman–Crippen MR) is 85.2 cm³/mol. The Bertz CT molecular complexity index is 945. The molecule has 1 aromatic carbocycles. The van der Waals surface area contributed by atoms with Crippen molar-refractivity contribution in [1.82, 2.24) is 9.38 Å². The molecular weight excluding hydrogens is 333 g/mol. The lowest BCUT2D eigenvalue weighted by atomic mass is 10.1. The number of aryl methyl sites for hydroxylation is 2. The minimum atomic E-state index is -4.50. The minimum Gasteiger partial charge on any atom is -0.456 e. The van der Waals surface area contributed by atoms with E-state index < -0.39 is 24.3 Å².